The summed E-state index contributed by atoms with van der Waals surface area (Å²) in [5, 5.41) is 0. The van der Waals surface area contributed by atoms with Crippen LogP contribution in [0.2, 0.25) is 0 Å². The molecule has 0 spiro atoms. The average Bonchev–Trinajstić information content (AvgIpc) is 3.39. The summed E-state index contributed by atoms with van der Waals surface area (Å²) >= 11 is 0. The minimum atomic E-state index is 0.841. The van der Waals surface area contributed by atoms with Crippen LogP contribution in [0.1, 0.15) is 135 Å². The van der Waals surface area contributed by atoms with E-state index in [2.05, 4.69) is 6.92 Å². The van der Waals surface area contributed by atoms with Crippen LogP contribution in [0.3, 0.4) is 0 Å². The average molecular weight is 399 g/mol. The third-order valence-corrected chi connectivity index (χ3v) is 11.3. The lowest BCUT2D eigenvalue weighted by atomic mass is 9.58. The zero-order chi connectivity index (χ0) is 19.7. The molecule has 5 aliphatic carbocycles. The Labute approximate surface area is 182 Å². The molecule has 0 saturated heterocycles. The molecule has 5 saturated carbocycles. The lowest BCUT2D eigenvalue weighted by Crippen LogP contribution is -2.38. The van der Waals surface area contributed by atoms with Gasteiger partial charge in [0.2, 0.25) is 0 Å². The number of hydrogen-bond donors (Lipinski definition) is 0. The van der Waals surface area contributed by atoms with E-state index >= 15 is 0 Å². The fourth-order valence-electron chi connectivity index (χ4n) is 9.87. The zero-order valence-corrected chi connectivity index (χ0v) is 19.7. The van der Waals surface area contributed by atoms with E-state index < -0.39 is 0 Å². The van der Waals surface area contributed by atoms with Gasteiger partial charge in [-0.25, -0.2) is 0 Å². The van der Waals surface area contributed by atoms with E-state index in [0.29, 0.717) is 0 Å². The van der Waals surface area contributed by atoms with Crippen LogP contribution in [0.15, 0.2) is 0 Å². The molecule has 0 aromatic rings. The molecule has 0 aliphatic heterocycles. The molecule has 0 aromatic carbocycles. The van der Waals surface area contributed by atoms with Crippen LogP contribution in [0.5, 0.6) is 0 Å². The van der Waals surface area contributed by atoms with Gasteiger partial charge in [-0.05, 0) is 117 Å². The standard InChI is InChI=1S/C29H50/c1-2-6-22-9-11-25(12-10-22)28(24-7-4-3-5-8-24)26-13-15-27(16-14-26)29-19-17-23(21-29)18-20-29/h22-28H,2-21H2,1H3. The van der Waals surface area contributed by atoms with E-state index in [1.807, 2.05) is 0 Å². The molecule has 166 valence electrons. The lowest BCUT2D eigenvalue weighted by molar-refractivity contribution is 0.0264. The Bertz CT molecular complexity index is 490. The molecule has 5 rings (SSSR count). The van der Waals surface area contributed by atoms with Gasteiger partial charge in [0, 0.05) is 0 Å². The van der Waals surface area contributed by atoms with Crippen molar-refractivity contribution in [2.75, 3.05) is 0 Å². The van der Waals surface area contributed by atoms with Gasteiger partial charge < -0.3 is 0 Å². The molecule has 29 heavy (non-hydrogen) atoms. The van der Waals surface area contributed by atoms with E-state index in [1.165, 1.54) is 19.3 Å². The summed E-state index contributed by atoms with van der Waals surface area (Å²) in [6, 6.07) is 0. The van der Waals surface area contributed by atoms with Crippen LogP contribution < -0.4 is 0 Å². The van der Waals surface area contributed by atoms with Crippen molar-refractivity contribution in [3.63, 3.8) is 0 Å². The molecular weight excluding hydrogens is 348 g/mol. The first-order valence-corrected chi connectivity index (χ1v) is 14.3. The second-order valence-corrected chi connectivity index (χ2v) is 12.7. The Morgan fingerprint density at radius 3 is 1.79 bits per heavy atom. The van der Waals surface area contributed by atoms with Crippen molar-refractivity contribution in [3.05, 3.63) is 0 Å². The topological polar surface area (TPSA) is 0 Å². The van der Waals surface area contributed by atoms with Crippen molar-refractivity contribution in [3.8, 4) is 0 Å². The summed E-state index contributed by atoms with van der Waals surface area (Å²) in [5.74, 6) is 7.79. The Morgan fingerprint density at radius 1 is 0.655 bits per heavy atom. The molecule has 0 radical (unpaired) electrons. The molecule has 0 heterocycles. The first-order chi connectivity index (χ1) is 14.3. The van der Waals surface area contributed by atoms with Gasteiger partial charge in [-0.2, -0.15) is 0 Å². The molecule has 2 bridgehead atoms. The van der Waals surface area contributed by atoms with E-state index in [0.717, 1.165) is 46.8 Å². The minimum absolute atomic E-state index is 0.841. The maximum absolute atomic E-state index is 2.39. The lowest BCUT2D eigenvalue weighted by Gasteiger charge is -2.48. The van der Waals surface area contributed by atoms with Crippen LogP contribution >= 0.6 is 0 Å². The predicted molar refractivity (Wildman–Crippen MR) is 125 cm³/mol. The van der Waals surface area contributed by atoms with Crippen molar-refractivity contribution in [1.82, 2.24) is 0 Å². The zero-order valence-electron chi connectivity index (χ0n) is 19.7. The molecule has 1 atom stereocenters. The SMILES string of the molecule is CCCC1CCC(C(C2CCCCC2)C2CCC(C34CCC(CC3)C4)CC2)CC1. The monoisotopic (exact) mass is 398 g/mol. The summed E-state index contributed by atoms with van der Waals surface area (Å²) in [7, 11) is 0. The second-order valence-electron chi connectivity index (χ2n) is 12.7. The van der Waals surface area contributed by atoms with Crippen LogP contribution in [-0.4, -0.2) is 0 Å². The van der Waals surface area contributed by atoms with Crippen molar-refractivity contribution < 1.29 is 0 Å². The molecule has 0 N–H and O–H groups in total. The van der Waals surface area contributed by atoms with Crippen LogP contribution in [0.4, 0.5) is 0 Å². The Kier molecular flexibility index (Phi) is 6.65. The first kappa shape index (κ1) is 20.9. The van der Waals surface area contributed by atoms with E-state index in [9.17, 15) is 0 Å². The summed E-state index contributed by atoms with van der Waals surface area (Å²) in [5.41, 5.74) is 0.841. The predicted octanol–water partition coefficient (Wildman–Crippen LogP) is 9.18. The highest BCUT2D eigenvalue weighted by Gasteiger charge is 2.50. The van der Waals surface area contributed by atoms with Crippen molar-refractivity contribution in [2.45, 2.75) is 135 Å². The molecule has 5 fully saturated rings. The van der Waals surface area contributed by atoms with Gasteiger partial charge >= 0.3 is 0 Å². The maximum Gasteiger partial charge on any atom is -0.0266 e. The van der Waals surface area contributed by atoms with Crippen LogP contribution in [0.25, 0.3) is 0 Å². The van der Waals surface area contributed by atoms with E-state index in [-0.39, 0.29) is 0 Å². The van der Waals surface area contributed by atoms with Crippen LogP contribution in [-0.2, 0) is 0 Å². The van der Waals surface area contributed by atoms with Crippen molar-refractivity contribution in [2.24, 2.45) is 46.8 Å². The Morgan fingerprint density at radius 2 is 1.24 bits per heavy atom. The van der Waals surface area contributed by atoms with Gasteiger partial charge in [-0.3, -0.25) is 0 Å². The third-order valence-electron chi connectivity index (χ3n) is 11.3. The minimum Gasteiger partial charge on any atom is -0.0654 e. The molecule has 0 heteroatoms. The highest BCUT2D eigenvalue weighted by molar-refractivity contribution is 5.01. The fraction of sp³-hybridized carbons (Fsp3) is 1.00. The summed E-state index contributed by atoms with van der Waals surface area (Å²) < 4.78 is 0. The molecular formula is C29H50. The van der Waals surface area contributed by atoms with Crippen molar-refractivity contribution >= 4 is 0 Å². The molecule has 0 aromatic heterocycles. The van der Waals surface area contributed by atoms with Gasteiger partial charge in [0.15, 0.2) is 0 Å². The Balaban J connectivity index is 1.23. The van der Waals surface area contributed by atoms with Crippen LogP contribution in [0, 0.1) is 46.8 Å². The van der Waals surface area contributed by atoms with Gasteiger partial charge in [0.1, 0.15) is 0 Å². The van der Waals surface area contributed by atoms with Gasteiger partial charge in [-0.15, -0.1) is 0 Å². The number of hydrogen-bond acceptors (Lipinski definition) is 0. The summed E-state index contributed by atoms with van der Waals surface area (Å²) in [6.07, 6.45) is 31.6. The van der Waals surface area contributed by atoms with Gasteiger partial charge in [0.25, 0.3) is 0 Å². The van der Waals surface area contributed by atoms with Crippen molar-refractivity contribution in [1.29, 1.82) is 0 Å². The molecule has 5 aliphatic rings. The molecule has 0 nitrogen and oxygen atoms in total. The smallest absolute Gasteiger partial charge is 0.0266 e. The fourth-order valence-corrected chi connectivity index (χ4v) is 9.87. The Hall–Kier alpha value is 0. The van der Waals surface area contributed by atoms with Gasteiger partial charge in [-0.1, -0.05) is 64.7 Å². The molecule has 0 amide bonds. The normalized spacial score (nSPS) is 44.8. The number of rotatable bonds is 6. The third kappa shape index (κ3) is 4.35. The highest BCUT2D eigenvalue weighted by atomic mass is 14.6. The number of fused-ring (bicyclic) bond motifs is 2. The largest absolute Gasteiger partial charge is 0.0654 e. The molecule has 1 unspecified atom stereocenters. The summed E-state index contributed by atoms with van der Waals surface area (Å²) in [4.78, 5) is 0. The van der Waals surface area contributed by atoms with E-state index in [1.54, 1.807) is 109 Å². The van der Waals surface area contributed by atoms with E-state index in [4.69, 9.17) is 0 Å². The quantitative estimate of drug-likeness (QED) is 0.418. The maximum atomic E-state index is 2.39. The summed E-state index contributed by atoms with van der Waals surface area (Å²) in [6.45, 7) is 2.39. The first-order valence-electron chi connectivity index (χ1n) is 14.3. The highest BCUT2D eigenvalue weighted by Crippen LogP contribution is 2.62. The van der Waals surface area contributed by atoms with Gasteiger partial charge in [0.05, 0.1) is 0 Å². The second kappa shape index (κ2) is 9.24.